The van der Waals surface area contributed by atoms with Crippen molar-refractivity contribution in [2.24, 2.45) is 0 Å². The van der Waals surface area contributed by atoms with Crippen LogP contribution in [0.15, 0.2) is 45.3 Å². The van der Waals surface area contributed by atoms with Gasteiger partial charge in [0.05, 0.1) is 17.2 Å². The highest BCUT2D eigenvalue weighted by molar-refractivity contribution is 9.11. The number of aryl methyl sites for hydroxylation is 1. The molecule has 5 heteroatoms. The Morgan fingerprint density at radius 3 is 2.17 bits per heavy atom. The number of rotatable bonds is 1. The van der Waals surface area contributed by atoms with Crippen molar-refractivity contribution in [1.29, 1.82) is 0 Å². The first kappa shape index (κ1) is 15.1. The number of fused-ring (bicyclic) bond motifs is 2. The molecule has 1 unspecified atom stereocenters. The summed E-state index contributed by atoms with van der Waals surface area (Å²) in [5.41, 5.74) is 3.26. The van der Waals surface area contributed by atoms with E-state index < -0.39 is 0 Å². The van der Waals surface area contributed by atoms with Gasteiger partial charge in [-0.2, -0.15) is 0 Å². The van der Waals surface area contributed by atoms with Crippen LogP contribution >= 0.6 is 31.9 Å². The molecule has 0 bridgehead atoms. The van der Waals surface area contributed by atoms with Crippen LogP contribution in [0.3, 0.4) is 0 Å². The highest BCUT2D eigenvalue weighted by atomic mass is 79.9. The first-order chi connectivity index (χ1) is 11.1. The molecule has 0 N–H and O–H groups in total. The van der Waals surface area contributed by atoms with Gasteiger partial charge in [0.1, 0.15) is 0 Å². The van der Waals surface area contributed by atoms with Gasteiger partial charge in [-0.3, -0.25) is 14.5 Å². The SMILES string of the molecule is O=C1c2c(Br)ccc(Br)c2C(=O)N1C1CCCc2ccccc21. The Morgan fingerprint density at radius 1 is 0.913 bits per heavy atom. The lowest BCUT2D eigenvalue weighted by molar-refractivity contribution is 0.0566. The van der Waals surface area contributed by atoms with Crippen molar-refractivity contribution in [2.45, 2.75) is 25.3 Å². The van der Waals surface area contributed by atoms with E-state index in [-0.39, 0.29) is 17.9 Å². The van der Waals surface area contributed by atoms with Crippen LogP contribution in [-0.2, 0) is 6.42 Å². The van der Waals surface area contributed by atoms with E-state index in [0.29, 0.717) is 20.1 Å². The lowest BCUT2D eigenvalue weighted by Gasteiger charge is -2.31. The van der Waals surface area contributed by atoms with Crippen molar-refractivity contribution in [2.75, 3.05) is 0 Å². The number of imide groups is 1. The Hall–Kier alpha value is -1.46. The van der Waals surface area contributed by atoms with Crippen molar-refractivity contribution >= 4 is 43.7 Å². The summed E-state index contributed by atoms with van der Waals surface area (Å²) in [5.74, 6) is -0.417. The molecule has 2 aromatic rings. The summed E-state index contributed by atoms with van der Waals surface area (Å²) in [5, 5.41) is 0. The van der Waals surface area contributed by atoms with Crippen LogP contribution in [0, 0.1) is 0 Å². The number of amides is 2. The predicted molar refractivity (Wildman–Crippen MR) is 94.5 cm³/mol. The maximum atomic E-state index is 12.9. The fourth-order valence-electron chi connectivity index (χ4n) is 3.58. The normalized spacial score (nSPS) is 19.7. The van der Waals surface area contributed by atoms with Gasteiger partial charge in [-0.05, 0) is 74.4 Å². The summed E-state index contributed by atoms with van der Waals surface area (Å²) in [7, 11) is 0. The van der Waals surface area contributed by atoms with Crippen LogP contribution in [0.2, 0.25) is 0 Å². The molecule has 0 saturated carbocycles. The van der Waals surface area contributed by atoms with Crippen LogP contribution in [0.25, 0.3) is 0 Å². The van der Waals surface area contributed by atoms with Crippen LogP contribution in [0.4, 0.5) is 0 Å². The first-order valence-corrected chi connectivity index (χ1v) is 9.12. The Morgan fingerprint density at radius 2 is 1.52 bits per heavy atom. The number of carbonyl (C=O) groups is 2. The molecule has 2 aliphatic rings. The van der Waals surface area contributed by atoms with Gasteiger partial charge in [-0.15, -0.1) is 0 Å². The van der Waals surface area contributed by atoms with Crippen molar-refractivity contribution in [1.82, 2.24) is 4.90 Å². The van der Waals surface area contributed by atoms with Gasteiger partial charge in [0.25, 0.3) is 11.8 Å². The smallest absolute Gasteiger partial charge is 0.263 e. The van der Waals surface area contributed by atoms with Crippen LogP contribution in [0.1, 0.15) is 50.7 Å². The molecule has 1 aliphatic carbocycles. The molecule has 0 aromatic heterocycles. The van der Waals surface area contributed by atoms with Crippen LogP contribution < -0.4 is 0 Å². The summed E-state index contributed by atoms with van der Waals surface area (Å²) in [6.45, 7) is 0. The zero-order valence-electron chi connectivity index (χ0n) is 12.2. The number of benzene rings is 2. The largest absolute Gasteiger partial charge is 0.268 e. The van der Waals surface area contributed by atoms with E-state index in [2.05, 4.69) is 37.9 Å². The van der Waals surface area contributed by atoms with E-state index in [1.165, 1.54) is 10.5 Å². The molecule has 2 aromatic carbocycles. The lowest BCUT2D eigenvalue weighted by atomic mass is 9.87. The van der Waals surface area contributed by atoms with E-state index in [9.17, 15) is 9.59 Å². The number of hydrogen-bond donors (Lipinski definition) is 0. The van der Waals surface area contributed by atoms with Crippen LogP contribution in [0.5, 0.6) is 0 Å². The fraction of sp³-hybridized carbons (Fsp3) is 0.222. The van der Waals surface area contributed by atoms with Crippen molar-refractivity contribution in [3.8, 4) is 0 Å². The molecule has 3 nitrogen and oxygen atoms in total. The molecule has 0 spiro atoms. The molecular weight excluding hydrogens is 422 g/mol. The standard InChI is InChI=1S/C18H13Br2NO2/c19-12-8-9-13(20)16-15(12)17(22)21(18(16)23)14-7-3-5-10-4-1-2-6-11(10)14/h1-2,4,6,8-9,14H,3,5,7H2. The topological polar surface area (TPSA) is 37.4 Å². The minimum atomic E-state index is -0.208. The molecular formula is C18H13Br2NO2. The fourth-order valence-corrected chi connectivity index (χ4v) is 4.58. The number of nitrogens with zero attached hydrogens (tertiary/aromatic N) is 1. The van der Waals surface area contributed by atoms with Gasteiger partial charge in [-0.25, -0.2) is 0 Å². The minimum Gasteiger partial charge on any atom is -0.268 e. The van der Waals surface area contributed by atoms with E-state index in [4.69, 9.17) is 0 Å². The van der Waals surface area contributed by atoms with E-state index in [1.54, 1.807) is 12.1 Å². The summed E-state index contributed by atoms with van der Waals surface area (Å²) in [4.78, 5) is 27.3. The second-order valence-electron chi connectivity index (χ2n) is 5.87. The van der Waals surface area contributed by atoms with Gasteiger partial charge in [0.15, 0.2) is 0 Å². The summed E-state index contributed by atoms with van der Waals surface area (Å²) in [6.07, 6.45) is 2.80. The van der Waals surface area contributed by atoms with E-state index >= 15 is 0 Å². The average molecular weight is 435 g/mol. The zero-order valence-corrected chi connectivity index (χ0v) is 15.4. The van der Waals surface area contributed by atoms with Gasteiger partial charge in [0, 0.05) is 8.95 Å². The predicted octanol–water partition coefficient (Wildman–Crippen LogP) is 4.89. The van der Waals surface area contributed by atoms with E-state index in [0.717, 1.165) is 24.8 Å². The van der Waals surface area contributed by atoms with Crippen molar-refractivity contribution in [3.05, 3.63) is 67.6 Å². The quantitative estimate of drug-likeness (QED) is 0.599. The molecule has 0 fully saturated rings. The summed E-state index contributed by atoms with van der Waals surface area (Å²) >= 11 is 6.82. The molecule has 4 rings (SSSR count). The Bertz CT molecular complexity index is 806. The Labute approximate surface area is 150 Å². The first-order valence-electron chi connectivity index (χ1n) is 7.53. The second kappa shape index (κ2) is 5.56. The number of hydrogen-bond acceptors (Lipinski definition) is 2. The van der Waals surface area contributed by atoms with Crippen molar-refractivity contribution in [3.63, 3.8) is 0 Å². The number of carbonyl (C=O) groups excluding carboxylic acids is 2. The monoisotopic (exact) mass is 433 g/mol. The van der Waals surface area contributed by atoms with Gasteiger partial charge < -0.3 is 0 Å². The third-order valence-electron chi connectivity index (χ3n) is 4.62. The van der Waals surface area contributed by atoms with Gasteiger partial charge >= 0.3 is 0 Å². The Kier molecular flexibility index (Phi) is 3.65. The zero-order chi connectivity index (χ0) is 16.1. The molecule has 1 heterocycles. The highest BCUT2D eigenvalue weighted by Gasteiger charge is 2.43. The third kappa shape index (κ3) is 2.21. The van der Waals surface area contributed by atoms with E-state index in [1.807, 2.05) is 18.2 Å². The van der Waals surface area contributed by atoms with Gasteiger partial charge in [-0.1, -0.05) is 24.3 Å². The summed E-state index contributed by atoms with van der Waals surface area (Å²) in [6, 6.07) is 11.5. The maximum Gasteiger partial charge on any atom is 0.263 e. The van der Waals surface area contributed by atoms with Crippen LogP contribution in [-0.4, -0.2) is 16.7 Å². The van der Waals surface area contributed by atoms with Gasteiger partial charge in [0.2, 0.25) is 0 Å². The number of halogens is 2. The maximum absolute atomic E-state index is 12.9. The molecule has 1 aliphatic heterocycles. The minimum absolute atomic E-state index is 0.175. The lowest BCUT2D eigenvalue weighted by Crippen LogP contribution is -2.36. The molecule has 0 radical (unpaired) electrons. The average Bonchev–Trinajstić information content (AvgIpc) is 2.83. The molecule has 0 saturated heterocycles. The second-order valence-corrected chi connectivity index (χ2v) is 7.58. The highest BCUT2D eigenvalue weighted by Crippen LogP contribution is 2.42. The van der Waals surface area contributed by atoms with Crippen molar-refractivity contribution < 1.29 is 9.59 Å². The molecule has 1 atom stereocenters. The molecule has 23 heavy (non-hydrogen) atoms. The molecule has 116 valence electrons. The summed E-state index contributed by atoms with van der Waals surface area (Å²) < 4.78 is 1.33. The Balaban J connectivity index is 1.84. The third-order valence-corrected chi connectivity index (χ3v) is 5.94. The molecule has 2 amide bonds.